The van der Waals surface area contributed by atoms with Gasteiger partial charge in [-0.2, -0.15) is 5.26 Å². The maximum absolute atomic E-state index is 8.74. The zero-order chi connectivity index (χ0) is 12.3. The Morgan fingerprint density at radius 3 is 2.88 bits per heavy atom. The molecular formula is C13H11ClN2S. The fraction of sp³-hybridized carbons (Fsp3) is 0.154. The number of thiophene rings is 1. The lowest BCUT2D eigenvalue weighted by atomic mass is 10.2. The quantitative estimate of drug-likeness (QED) is 0.900. The number of anilines is 1. The fourth-order valence-electron chi connectivity index (χ4n) is 1.50. The summed E-state index contributed by atoms with van der Waals surface area (Å²) < 4.78 is 0. The van der Waals surface area contributed by atoms with Crippen LogP contribution in [0, 0.1) is 18.3 Å². The Kier molecular flexibility index (Phi) is 3.68. The van der Waals surface area contributed by atoms with Crippen molar-refractivity contribution < 1.29 is 0 Å². The van der Waals surface area contributed by atoms with Crippen LogP contribution in [-0.2, 0) is 6.54 Å². The van der Waals surface area contributed by atoms with Gasteiger partial charge in [-0.05, 0) is 36.8 Å². The molecule has 0 bridgehead atoms. The summed E-state index contributed by atoms with van der Waals surface area (Å²) in [5, 5.41) is 12.8. The first kappa shape index (κ1) is 12.0. The van der Waals surface area contributed by atoms with Crippen molar-refractivity contribution in [2.45, 2.75) is 13.5 Å². The van der Waals surface area contributed by atoms with Gasteiger partial charge in [-0.25, -0.2) is 0 Å². The molecule has 2 nitrogen and oxygen atoms in total. The highest BCUT2D eigenvalue weighted by atomic mass is 35.5. The molecule has 0 aliphatic carbocycles. The largest absolute Gasteiger partial charge is 0.380 e. The number of nitriles is 1. The molecule has 0 amide bonds. The highest BCUT2D eigenvalue weighted by Gasteiger charge is 2.02. The van der Waals surface area contributed by atoms with E-state index in [1.807, 2.05) is 37.3 Å². The first-order valence-corrected chi connectivity index (χ1v) is 6.37. The number of halogens is 1. The van der Waals surface area contributed by atoms with Crippen LogP contribution < -0.4 is 5.32 Å². The molecular weight excluding hydrogens is 252 g/mol. The minimum Gasteiger partial charge on any atom is -0.380 e. The predicted octanol–water partition coefficient (Wildman–Crippen LogP) is 4.19. The molecule has 1 N–H and O–H groups in total. The minimum absolute atomic E-state index is 0.716. The van der Waals surface area contributed by atoms with Crippen LogP contribution in [0.5, 0.6) is 0 Å². The van der Waals surface area contributed by atoms with Crippen molar-refractivity contribution in [1.29, 1.82) is 5.26 Å². The number of nitrogens with zero attached hydrogens (tertiary/aromatic N) is 1. The molecule has 0 unspecified atom stereocenters. The first-order chi connectivity index (χ1) is 8.19. The summed E-state index contributed by atoms with van der Waals surface area (Å²) in [6.07, 6.45) is 0. The summed E-state index contributed by atoms with van der Waals surface area (Å²) in [5.41, 5.74) is 2.19. The molecule has 0 spiro atoms. The van der Waals surface area contributed by atoms with Crippen molar-refractivity contribution in [3.8, 4) is 6.07 Å². The van der Waals surface area contributed by atoms with Crippen LogP contribution >= 0.6 is 22.9 Å². The van der Waals surface area contributed by atoms with E-state index in [1.165, 1.54) is 11.3 Å². The Labute approximate surface area is 109 Å². The molecule has 1 heterocycles. The third kappa shape index (κ3) is 3.00. The lowest BCUT2D eigenvalue weighted by Crippen LogP contribution is -1.99. The molecule has 0 fully saturated rings. The molecule has 0 atom stereocenters. The second-order valence-corrected chi connectivity index (χ2v) is 5.30. The molecule has 0 aliphatic heterocycles. The standard InChI is InChI=1S/C13H11ClN2S/c1-9-2-3-10(14)6-13(9)16-8-12-5-4-11(7-15)17-12/h2-6,16H,8H2,1H3. The van der Waals surface area contributed by atoms with Gasteiger partial charge in [-0.1, -0.05) is 17.7 Å². The van der Waals surface area contributed by atoms with Crippen LogP contribution in [0.25, 0.3) is 0 Å². The van der Waals surface area contributed by atoms with Crippen molar-refractivity contribution in [3.05, 3.63) is 50.7 Å². The second kappa shape index (κ2) is 5.22. The number of benzene rings is 1. The zero-order valence-corrected chi connectivity index (χ0v) is 10.9. The lowest BCUT2D eigenvalue weighted by molar-refractivity contribution is 1.18. The summed E-state index contributed by atoms with van der Waals surface area (Å²) in [5.74, 6) is 0. The van der Waals surface area contributed by atoms with Crippen molar-refractivity contribution in [2.24, 2.45) is 0 Å². The van der Waals surface area contributed by atoms with E-state index in [-0.39, 0.29) is 0 Å². The van der Waals surface area contributed by atoms with Crippen molar-refractivity contribution >= 4 is 28.6 Å². The van der Waals surface area contributed by atoms with Crippen LogP contribution in [0.3, 0.4) is 0 Å². The summed E-state index contributed by atoms with van der Waals surface area (Å²) >= 11 is 7.45. The molecule has 4 heteroatoms. The van der Waals surface area contributed by atoms with Crippen molar-refractivity contribution in [3.63, 3.8) is 0 Å². The Balaban J connectivity index is 2.07. The summed E-state index contributed by atoms with van der Waals surface area (Å²) in [6.45, 7) is 2.75. The van der Waals surface area contributed by atoms with Crippen LogP contribution in [0.1, 0.15) is 15.3 Å². The lowest BCUT2D eigenvalue weighted by Gasteiger charge is -2.08. The summed E-state index contributed by atoms with van der Waals surface area (Å²) in [4.78, 5) is 1.88. The monoisotopic (exact) mass is 262 g/mol. The molecule has 86 valence electrons. The zero-order valence-electron chi connectivity index (χ0n) is 9.33. The van der Waals surface area contributed by atoms with Gasteiger partial charge in [0.1, 0.15) is 10.9 Å². The number of aryl methyl sites for hydroxylation is 1. The van der Waals surface area contributed by atoms with Crippen LogP contribution in [-0.4, -0.2) is 0 Å². The molecule has 1 aromatic heterocycles. The average Bonchev–Trinajstić information content (AvgIpc) is 2.78. The third-order valence-electron chi connectivity index (χ3n) is 2.42. The average molecular weight is 263 g/mol. The van der Waals surface area contributed by atoms with Crippen LogP contribution in [0.4, 0.5) is 5.69 Å². The predicted molar refractivity (Wildman–Crippen MR) is 72.5 cm³/mol. The number of hydrogen-bond donors (Lipinski definition) is 1. The normalized spacial score (nSPS) is 9.94. The minimum atomic E-state index is 0.716. The summed E-state index contributed by atoms with van der Waals surface area (Å²) in [7, 11) is 0. The summed E-state index contributed by atoms with van der Waals surface area (Å²) in [6, 6.07) is 11.7. The van der Waals surface area contributed by atoms with Gasteiger partial charge in [-0.3, -0.25) is 0 Å². The van der Waals surface area contributed by atoms with Gasteiger partial charge in [0.2, 0.25) is 0 Å². The molecule has 0 saturated heterocycles. The van der Waals surface area contributed by atoms with Gasteiger partial charge in [0, 0.05) is 22.1 Å². The molecule has 2 aromatic rings. The van der Waals surface area contributed by atoms with Gasteiger partial charge in [0.05, 0.1) is 0 Å². The van der Waals surface area contributed by atoms with Crippen molar-refractivity contribution in [2.75, 3.05) is 5.32 Å². The Morgan fingerprint density at radius 2 is 2.18 bits per heavy atom. The van der Waals surface area contributed by atoms with E-state index in [0.29, 0.717) is 6.54 Å². The van der Waals surface area contributed by atoms with E-state index in [9.17, 15) is 0 Å². The molecule has 1 aromatic carbocycles. The van der Waals surface area contributed by atoms with Gasteiger partial charge >= 0.3 is 0 Å². The SMILES string of the molecule is Cc1ccc(Cl)cc1NCc1ccc(C#N)s1. The molecule has 0 aliphatic rings. The van der Waals surface area contributed by atoms with Gasteiger partial charge in [0.15, 0.2) is 0 Å². The van der Waals surface area contributed by atoms with Gasteiger partial charge in [0.25, 0.3) is 0 Å². The number of rotatable bonds is 3. The van der Waals surface area contributed by atoms with E-state index < -0.39 is 0 Å². The van der Waals surface area contributed by atoms with Gasteiger partial charge < -0.3 is 5.32 Å². The highest BCUT2D eigenvalue weighted by molar-refractivity contribution is 7.12. The third-order valence-corrected chi connectivity index (χ3v) is 3.65. The van der Waals surface area contributed by atoms with Crippen molar-refractivity contribution in [1.82, 2.24) is 0 Å². The Morgan fingerprint density at radius 1 is 1.35 bits per heavy atom. The van der Waals surface area contributed by atoms with E-state index in [4.69, 9.17) is 16.9 Å². The first-order valence-electron chi connectivity index (χ1n) is 5.18. The maximum atomic E-state index is 8.74. The van der Waals surface area contributed by atoms with E-state index in [1.54, 1.807) is 0 Å². The fourth-order valence-corrected chi connectivity index (χ4v) is 2.42. The maximum Gasteiger partial charge on any atom is 0.110 e. The molecule has 0 saturated carbocycles. The second-order valence-electron chi connectivity index (χ2n) is 3.69. The molecule has 0 radical (unpaired) electrons. The molecule has 17 heavy (non-hydrogen) atoms. The van der Waals surface area contributed by atoms with Gasteiger partial charge in [-0.15, -0.1) is 11.3 Å². The topological polar surface area (TPSA) is 35.8 Å². The van der Waals surface area contributed by atoms with E-state index in [0.717, 1.165) is 26.0 Å². The smallest absolute Gasteiger partial charge is 0.110 e. The Bertz CT molecular complexity index is 569. The highest BCUT2D eigenvalue weighted by Crippen LogP contribution is 2.22. The van der Waals surface area contributed by atoms with Crippen LogP contribution in [0.15, 0.2) is 30.3 Å². The molecule has 2 rings (SSSR count). The van der Waals surface area contributed by atoms with Crippen LogP contribution in [0.2, 0.25) is 5.02 Å². The number of hydrogen-bond acceptors (Lipinski definition) is 3. The Hall–Kier alpha value is -1.50. The van der Waals surface area contributed by atoms with E-state index >= 15 is 0 Å². The number of nitrogens with one attached hydrogen (secondary N) is 1. The van der Waals surface area contributed by atoms with E-state index in [2.05, 4.69) is 11.4 Å².